The van der Waals surface area contributed by atoms with Gasteiger partial charge in [-0.15, -0.1) is 0 Å². The Kier molecular flexibility index (Phi) is 4.79. The fourth-order valence-electron chi connectivity index (χ4n) is 5.01. The molecule has 0 radical (unpaired) electrons. The first kappa shape index (κ1) is 17.9. The van der Waals surface area contributed by atoms with Crippen molar-refractivity contribution in [1.29, 1.82) is 0 Å². The van der Waals surface area contributed by atoms with E-state index >= 15 is 0 Å². The van der Waals surface area contributed by atoms with E-state index in [-0.39, 0.29) is 31.1 Å². The van der Waals surface area contributed by atoms with Gasteiger partial charge in [-0.1, -0.05) is 18.6 Å². The van der Waals surface area contributed by atoms with Crippen LogP contribution in [-0.4, -0.2) is 96.2 Å². The Morgan fingerprint density at radius 1 is 1.35 bits per heavy atom. The van der Waals surface area contributed by atoms with Gasteiger partial charge in [-0.3, -0.25) is 9.59 Å². The second kappa shape index (κ2) is 6.94. The number of aliphatic hydroxyl groups is 1. The zero-order valence-corrected chi connectivity index (χ0v) is 15.5. The van der Waals surface area contributed by atoms with Gasteiger partial charge >= 0.3 is 0 Å². The summed E-state index contributed by atoms with van der Waals surface area (Å²) in [6.07, 6.45) is 7.39. The van der Waals surface area contributed by atoms with Crippen LogP contribution in [0.4, 0.5) is 0 Å². The average Bonchev–Trinajstić information content (AvgIpc) is 3.29. The van der Waals surface area contributed by atoms with Crippen LogP contribution in [0, 0.1) is 11.8 Å². The number of amides is 2. The van der Waals surface area contributed by atoms with Crippen LogP contribution in [0.1, 0.15) is 19.3 Å². The molecule has 0 aromatic carbocycles. The summed E-state index contributed by atoms with van der Waals surface area (Å²) in [5, 5.41) is 9.12. The van der Waals surface area contributed by atoms with Gasteiger partial charge in [-0.25, -0.2) is 0 Å². The molecule has 1 spiro atoms. The molecule has 7 nitrogen and oxygen atoms in total. The minimum Gasteiger partial charge on any atom is -0.395 e. The monoisotopic (exact) mass is 363 g/mol. The molecule has 4 aliphatic rings. The number of aliphatic hydroxyl groups excluding tert-OH is 1. The zero-order chi connectivity index (χ0) is 18.3. The molecule has 0 aliphatic carbocycles. The van der Waals surface area contributed by atoms with Crippen molar-refractivity contribution < 1.29 is 19.4 Å². The number of fused-ring (bicyclic) bond motifs is 1. The van der Waals surface area contributed by atoms with Gasteiger partial charge in [-0.05, 0) is 25.9 Å². The van der Waals surface area contributed by atoms with E-state index in [1.165, 1.54) is 24.2 Å². The van der Waals surface area contributed by atoms with Crippen LogP contribution >= 0.6 is 0 Å². The Bertz CT molecular complexity index is 604. The highest BCUT2D eigenvalue weighted by atomic mass is 16.5. The molecule has 4 rings (SSSR count). The van der Waals surface area contributed by atoms with Crippen LogP contribution in [0.25, 0.3) is 0 Å². The maximum Gasteiger partial charge on any atom is 0.230 e. The summed E-state index contributed by atoms with van der Waals surface area (Å²) < 4.78 is 6.14. The summed E-state index contributed by atoms with van der Waals surface area (Å²) >= 11 is 0. The Hall–Kier alpha value is -1.44. The molecule has 144 valence electrons. The van der Waals surface area contributed by atoms with Gasteiger partial charge in [0.15, 0.2) is 0 Å². The van der Waals surface area contributed by atoms with Crippen molar-refractivity contribution in [2.45, 2.75) is 31.0 Å². The molecular weight excluding hydrogens is 334 g/mol. The summed E-state index contributed by atoms with van der Waals surface area (Å²) in [6.45, 7) is 4.56. The fraction of sp³-hybridized carbons (Fsp3) is 0.789. The third-order valence-corrected chi connectivity index (χ3v) is 6.41. The van der Waals surface area contributed by atoms with E-state index in [4.69, 9.17) is 9.84 Å². The number of rotatable bonds is 6. The third-order valence-electron chi connectivity index (χ3n) is 6.41. The lowest BCUT2D eigenvalue weighted by Gasteiger charge is -2.29. The number of likely N-dealkylation sites (N-methyl/N-ethyl adjacent to an activating group) is 1. The van der Waals surface area contributed by atoms with Crippen molar-refractivity contribution >= 4 is 11.8 Å². The lowest BCUT2D eigenvalue weighted by molar-refractivity contribution is -0.142. The highest BCUT2D eigenvalue weighted by molar-refractivity contribution is 5.93. The molecule has 7 heteroatoms. The smallest absolute Gasteiger partial charge is 0.230 e. The molecule has 2 unspecified atom stereocenters. The highest BCUT2D eigenvalue weighted by Gasteiger charge is 2.66. The molecule has 3 saturated heterocycles. The second-order valence-electron chi connectivity index (χ2n) is 8.05. The van der Waals surface area contributed by atoms with Gasteiger partial charge in [0.25, 0.3) is 0 Å². The number of piperidine rings is 1. The van der Waals surface area contributed by atoms with Gasteiger partial charge < -0.3 is 24.5 Å². The van der Waals surface area contributed by atoms with E-state index in [0.717, 1.165) is 19.6 Å². The Morgan fingerprint density at radius 2 is 2.12 bits per heavy atom. The average molecular weight is 363 g/mol. The number of carbonyl (C=O) groups is 2. The van der Waals surface area contributed by atoms with Gasteiger partial charge in [-0.2, -0.15) is 0 Å². The lowest BCUT2D eigenvalue weighted by atomic mass is 9.76. The number of hydrogen-bond donors (Lipinski definition) is 1. The van der Waals surface area contributed by atoms with E-state index in [0.29, 0.717) is 13.1 Å². The van der Waals surface area contributed by atoms with E-state index < -0.39 is 17.4 Å². The molecule has 3 fully saturated rings. The Labute approximate surface area is 154 Å². The van der Waals surface area contributed by atoms with Crippen molar-refractivity contribution in [2.24, 2.45) is 11.8 Å². The number of hydrogen-bond acceptors (Lipinski definition) is 5. The predicted molar refractivity (Wildman–Crippen MR) is 95.3 cm³/mol. The molecular formula is C19H29N3O4. The largest absolute Gasteiger partial charge is 0.395 e. The Balaban J connectivity index is 1.45. The van der Waals surface area contributed by atoms with Crippen LogP contribution in [0.15, 0.2) is 12.2 Å². The lowest BCUT2D eigenvalue weighted by Crippen LogP contribution is -2.45. The van der Waals surface area contributed by atoms with E-state index in [1.807, 2.05) is 17.1 Å². The van der Waals surface area contributed by atoms with Gasteiger partial charge in [0.1, 0.15) is 5.60 Å². The number of carbonyl (C=O) groups excluding carboxylic acids is 2. The molecule has 0 aromatic rings. The summed E-state index contributed by atoms with van der Waals surface area (Å²) in [7, 11) is 1.68. The van der Waals surface area contributed by atoms with Crippen LogP contribution in [0.2, 0.25) is 0 Å². The molecule has 2 bridgehead atoms. The minimum absolute atomic E-state index is 0.0459. The van der Waals surface area contributed by atoms with E-state index in [2.05, 4.69) is 4.90 Å². The van der Waals surface area contributed by atoms with Gasteiger partial charge in [0.05, 0.1) is 31.1 Å². The maximum absolute atomic E-state index is 13.1. The molecule has 26 heavy (non-hydrogen) atoms. The number of ether oxygens (including phenoxy) is 1. The number of nitrogens with zero attached hydrogens (tertiary/aromatic N) is 3. The molecule has 2 amide bonds. The fourth-order valence-corrected chi connectivity index (χ4v) is 5.01. The topological polar surface area (TPSA) is 73.3 Å². The molecule has 1 N–H and O–H groups in total. The summed E-state index contributed by atoms with van der Waals surface area (Å²) in [5.41, 5.74) is -0.635. The molecule has 4 atom stereocenters. The van der Waals surface area contributed by atoms with Gasteiger partial charge in [0, 0.05) is 26.7 Å². The first-order valence-corrected chi connectivity index (χ1v) is 9.80. The highest BCUT2D eigenvalue weighted by Crippen LogP contribution is 2.52. The van der Waals surface area contributed by atoms with Crippen LogP contribution in [0.3, 0.4) is 0 Å². The van der Waals surface area contributed by atoms with E-state index in [9.17, 15) is 9.59 Å². The second-order valence-corrected chi connectivity index (χ2v) is 8.05. The first-order valence-electron chi connectivity index (χ1n) is 9.80. The van der Waals surface area contributed by atoms with Crippen molar-refractivity contribution in [3.05, 3.63) is 12.2 Å². The summed E-state index contributed by atoms with van der Waals surface area (Å²) in [5.74, 6) is -0.951. The SMILES string of the molecule is CN(CCO)C(=O)C1C2C(=O)N(CCN3CCCCC3)C[C@@]23C=C[C@@H]1O3. The van der Waals surface area contributed by atoms with Crippen LogP contribution < -0.4 is 0 Å². The molecule has 4 heterocycles. The quantitative estimate of drug-likeness (QED) is 0.657. The molecule has 0 aromatic heterocycles. The summed E-state index contributed by atoms with van der Waals surface area (Å²) in [6, 6.07) is 0. The van der Waals surface area contributed by atoms with Crippen LogP contribution in [-0.2, 0) is 14.3 Å². The maximum atomic E-state index is 13.1. The zero-order valence-electron chi connectivity index (χ0n) is 15.5. The van der Waals surface area contributed by atoms with Crippen molar-refractivity contribution in [1.82, 2.24) is 14.7 Å². The van der Waals surface area contributed by atoms with Crippen LogP contribution in [0.5, 0.6) is 0 Å². The minimum atomic E-state index is -0.635. The van der Waals surface area contributed by atoms with Crippen molar-refractivity contribution in [3.63, 3.8) is 0 Å². The normalized spacial score (nSPS) is 36.0. The van der Waals surface area contributed by atoms with Crippen molar-refractivity contribution in [3.8, 4) is 0 Å². The first-order chi connectivity index (χ1) is 12.6. The van der Waals surface area contributed by atoms with E-state index in [1.54, 1.807) is 7.05 Å². The third kappa shape index (κ3) is 2.86. The predicted octanol–water partition coefficient (Wildman–Crippen LogP) is -0.295. The molecule has 0 saturated carbocycles. The number of likely N-dealkylation sites (tertiary alicyclic amines) is 2. The van der Waals surface area contributed by atoms with Gasteiger partial charge in [0.2, 0.25) is 11.8 Å². The summed E-state index contributed by atoms with van der Waals surface area (Å²) in [4.78, 5) is 31.8. The van der Waals surface area contributed by atoms with Crippen molar-refractivity contribution in [2.75, 3.05) is 52.9 Å². The standard InChI is InChI=1S/C19H29N3O4/c1-20(11-12-23)17(24)15-14-5-6-19(26-14)13-22(18(25)16(15)19)10-9-21-7-3-2-4-8-21/h5-6,14-16,23H,2-4,7-13H2,1H3/t14-,15?,16?,19-/m0/s1. The Morgan fingerprint density at radius 3 is 2.85 bits per heavy atom. The molecule has 4 aliphatic heterocycles.